The molecule has 0 amide bonds. The molecule has 0 heterocycles. The van der Waals surface area contributed by atoms with Crippen LogP contribution >= 0.6 is 24.0 Å². The Morgan fingerprint density at radius 1 is 1.42 bits per heavy atom. The molecule has 106 valence electrons. The van der Waals surface area contributed by atoms with Crippen LogP contribution in [0.15, 0.2) is 23.1 Å². The molecule has 0 aromatic heterocycles. The van der Waals surface area contributed by atoms with E-state index in [1.807, 2.05) is 0 Å². The second-order valence-corrected chi connectivity index (χ2v) is 6.68. The number of rotatable bonds is 8. The van der Waals surface area contributed by atoms with Gasteiger partial charge < -0.3 is 11.1 Å². The Morgan fingerprint density at radius 3 is 2.74 bits per heavy atom. The number of anilines is 1. The van der Waals surface area contributed by atoms with Crippen molar-refractivity contribution in [1.29, 1.82) is 0 Å². The lowest BCUT2D eigenvalue weighted by Crippen LogP contribution is -2.15. The topological polar surface area (TPSA) is 38.0 Å². The first kappa shape index (κ1) is 16.3. The second-order valence-electron chi connectivity index (χ2n) is 4.94. The Bertz CT molecular complexity index is 417. The third-order valence-electron chi connectivity index (χ3n) is 2.85. The van der Waals surface area contributed by atoms with Crippen LogP contribution in [0.5, 0.6) is 0 Å². The molecular weight excluding hydrogens is 272 g/mol. The van der Waals surface area contributed by atoms with Crippen LogP contribution in [0.1, 0.15) is 39.2 Å². The highest BCUT2D eigenvalue weighted by molar-refractivity contribution is 7.99. The number of thiocarbonyl (C=S) groups is 1. The molecule has 0 fully saturated rings. The van der Waals surface area contributed by atoms with E-state index in [4.69, 9.17) is 18.0 Å². The van der Waals surface area contributed by atoms with E-state index in [9.17, 15) is 0 Å². The smallest absolute Gasteiger partial charge is 0.107 e. The van der Waals surface area contributed by atoms with Crippen LogP contribution in [0, 0.1) is 5.92 Å². The van der Waals surface area contributed by atoms with Crippen molar-refractivity contribution in [3.8, 4) is 0 Å². The number of nitrogens with two attached hydrogens (primary N) is 1. The molecule has 1 aromatic rings. The summed E-state index contributed by atoms with van der Waals surface area (Å²) in [5, 5.41) is 3.47. The van der Waals surface area contributed by atoms with Crippen molar-refractivity contribution in [2.24, 2.45) is 11.7 Å². The minimum absolute atomic E-state index is 0.475. The SMILES string of the molecule is CCSc1cccc(NCCCC(C)C)c1C(N)=S. The fraction of sp³-hybridized carbons (Fsp3) is 0.533. The van der Waals surface area contributed by atoms with Gasteiger partial charge in [-0.25, -0.2) is 0 Å². The lowest BCUT2D eigenvalue weighted by atomic mass is 10.1. The van der Waals surface area contributed by atoms with Crippen LogP contribution in [-0.2, 0) is 0 Å². The minimum Gasteiger partial charge on any atom is -0.389 e. The van der Waals surface area contributed by atoms with Gasteiger partial charge in [-0.2, -0.15) is 0 Å². The summed E-state index contributed by atoms with van der Waals surface area (Å²) in [6.45, 7) is 7.60. The summed E-state index contributed by atoms with van der Waals surface area (Å²) in [7, 11) is 0. The van der Waals surface area contributed by atoms with Gasteiger partial charge in [-0.3, -0.25) is 0 Å². The summed E-state index contributed by atoms with van der Waals surface area (Å²) in [6.07, 6.45) is 2.40. The van der Waals surface area contributed by atoms with Crippen molar-refractivity contribution in [3.63, 3.8) is 0 Å². The van der Waals surface area contributed by atoms with E-state index in [1.54, 1.807) is 11.8 Å². The monoisotopic (exact) mass is 296 g/mol. The fourth-order valence-electron chi connectivity index (χ4n) is 1.94. The van der Waals surface area contributed by atoms with Gasteiger partial charge in [-0.1, -0.05) is 39.1 Å². The average molecular weight is 297 g/mol. The maximum absolute atomic E-state index is 5.88. The third-order valence-corrected chi connectivity index (χ3v) is 3.99. The van der Waals surface area contributed by atoms with Crippen molar-refractivity contribution in [3.05, 3.63) is 23.8 Å². The molecule has 0 spiro atoms. The van der Waals surface area contributed by atoms with E-state index < -0.39 is 0 Å². The molecule has 1 aromatic carbocycles. The summed E-state index contributed by atoms with van der Waals surface area (Å²) in [4.78, 5) is 1.65. The maximum atomic E-state index is 5.88. The Morgan fingerprint density at radius 2 is 2.16 bits per heavy atom. The van der Waals surface area contributed by atoms with Crippen LogP contribution in [0.2, 0.25) is 0 Å². The first-order chi connectivity index (χ1) is 9.06. The molecule has 1 rings (SSSR count). The highest BCUT2D eigenvalue weighted by Crippen LogP contribution is 2.28. The lowest BCUT2D eigenvalue weighted by Gasteiger charge is -2.15. The van der Waals surface area contributed by atoms with Crippen LogP contribution < -0.4 is 11.1 Å². The summed E-state index contributed by atoms with van der Waals surface area (Å²) < 4.78 is 0. The van der Waals surface area contributed by atoms with E-state index in [2.05, 4.69) is 44.3 Å². The molecule has 0 aliphatic carbocycles. The highest BCUT2D eigenvalue weighted by Gasteiger charge is 2.10. The van der Waals surface area contributed by atoms with Crippen molar-refractivity contribution in [2.75, 3.05) is 17.6 Å². The summed E-state index contributed by atoms with van der Waals surface area (Å²) in [6, 6.07) is 6.20. The third kappa shape index (κ3) is 5.41. The number of nitrogens with one attached hydrogen (secondary N) is 1. The minimum atomic E-state index is 0.475. The first-order valence-corrected chi connectivity index (χ1v) is 8.25. The second kappa shape index (κ2) is 8.43. The molecule has 4 heteroatoms. The largest absolute Gasteiger partial charge is 0.389 e. The predicted molar refractivity (Wildman–Crippen MR) is 91.3 cm³/mol. The van der Waals surface area contributed by atoms with Gasteiger partial charge in [0, 0.05) is 22.7 Å². The van der Waals surface area contributed by atoms with E-state index in [0.29, 0.717) is 4.99 Å². The van der Waals surface area contributed by atoms with Crippen molar-refractivity contribution < 1.29 is 0 Å². The number of hydrogen-bond donors (Lipinski definition) is 2. The highest BCUT2D eigenvalue weighted by atomic mass is 32.2. The molecule has 3 N–H and O–H groups in total. The van der Waals surface area contributed by atoms with Gasteiger partial charge >= 0.3 is 0 Å². The van der Waals surface area contributed by atoms with Gasteiger partial charge in [-0.05, 0) is 36.6 Å². The molecule has 0 saturated heterocycles. The number of hydrogen-bond acceptors (Lipinski definition) is 3. The van der Waals surface area contributed by atoms with Crippen LogP contribution in [-0.4, -0.2) is 17.3 Å². The first-order valence-electron chi connectivity index (χ1n) is 6.85. The summed E-state index contributed by atoms with van der Waals surface area (Å²) in [5.41, 5.74) is 7.94. The molecule has 0 bridgehead atoms. The lowest BCUT2D eigenvalue weighted by molar-refractivity contribution is 0.567. The average Bonchev–Trinajstić information content (AvgIpc) is 2.34. The molecular formula is C15H24N2S2. The molecule has 19 heavy (non-hydrogen) atoms. The van der Waals surface area contributed by atoms with E-state index in [1.165, 1.54) is 17.7 Å². The molecule has 0 unspecified atom stereocenters. The molecule has 0 atom stereocenters. The number of thioether (sulfide) groups is 1. The van der Waals surface area contributed by atoms with Crippen LogP contribution in [0.3, 0.4) is 0 Å². The molecule has 0 aliphatic heterocycles. The Balaban J connectivity index is 2.76. The normalized spacial score (nSPS) is 10.7. The number of benzene rings is 1. The molecule has 0 aliphatic rings. The quantitative estimate of drug-likeness (QED) is 0.426. The van der Waals surface area contributed by atoms with Gasteiger partial charge in [0.05, 0.1) is 0 Å². The zero-order chi connectivity index (χ0) is 14.3. The predicted octanol–water partition coefficient (Wildman–Crippen LogP) is 4.28. The van der Waals surface area contributed by atoms with Gasteiger partial charge in [0.15, 0.2) is 0 Å². The molecule has 0 saturated carbocycles. The maximum Gasteiger partial charge on any atom is 0.107 e. The van der Waals surface area contributed by atoms with Gasteiger partial charge in [-0.15, -0.1) is 11.8 Å². The summed E-state index contributed by atoms with van der Waals surface area (Å²) in [5.74, 6) is 1.77. The van der Waals surface area contributed by atoms with Crippen molar-refractivity contribution >= 4 is 34.7 Å². The molecule has 2 nitrogen and oxygen atoms in total. The van der Waals surface area contributed by atoms with Crippen LogP contribution in [0.25, 0.3) is 0 Å². The van der Waals surface area contributed by atoms with E-state index >= 15 is 0 Å². The van der Waals surface area contributed by atoms with Crippen molar-refractivity contribution in [1.82, 2.24) is 0 Å². The van der Waals surface area contributed by atoms with Gasteiger partial charge in [0.2, 0.25) is 0 Å². The Kier molecular flexibility index (Phi) is 7.24. The Labute approximate surface area is 126 Å². The van der Waals surface area contributed by atoms with Crippen molar-refractivity contribution in [2.45, 2.75) is 38.5 Å². The summed E-state index contributed by atoms with van der Waals surface area (Å²) >= 11 is 6.98. The zero-order valence-electron chi connectivity index (χ0n) is 12.0. The van der Waals surface area contributed by atoms with E-state index in [-0.39, 0.29) is 0 Å². The molecule has 0 radical (unpaired) electrons. The fourth-order valence-corrected chi connectivity index (χ4v) is 3.08. The van der Waals surface area contributed by atoms with E-state index in [0.717, 1.165) is 29.5 Å². The zero-order valence-corrected chi connectivity index (χ0v) is 13.7. The van der Waals surface area contributed by atoms with Gasteiger partial charge in [0.25, 0.3) is 0 Å². The van der Waals surface area contributed by atoms with Gasteiger partial charge in [0.1, 0.15) is 4.99 Å². The van der Waals surface area contributed by atoms with Crippen LogP contribution in [0.4, 0.5) is 5.69 Å². The Hall–Kier alpha value is -0.740. The standard InChI is InChI=1S/C15H24N2S2/c1-4-19-13-9-5-8-12(14(13)15(16)18)17-10-6-7-11(2)3/h5,8-9,11,17H,4,6-7,10H2,1-3H3,(H2,16,18).